The fourth-order valence-corrected chi connectivity index (χ4v) is 6.87. The average Bonchev–Trinajstić information content (AvgIpc) is 2.79. The van der Waals surface area contributed by atoms with Crippen LogP contribution < -0.4 is 5.32 Å². The van der Waals surface area contributed by atoms with Crippen LogP contribution in [-0.4, -0.2) is 40.9 Å². The van der Waals surface area contributed by atoms with Gasteiger partial charge in [0.1, 0.15) is 0 Å². The minimum atomic E-state index is -0.696. The topological polar surface area (TPSA) is 47.6 Å². The first-order valence-corrected chi connectivity index (χ1v) is 16.1. The van der Waals surface area contributed by atoms with Crippen molar-refractivity contribution in [2.45, 2.75) is 152 Å². The first kappa shape index (κ1) is 32.1. The van der Waals surface area contributed by atoms with E-state index in [-0.39, 0.29) is 11.3 Å². The summed E-state index contributed by atoms with van der Waals surface area (Å²) < 4.78 is 11.0. The van der Waals surface area contributed by atoms with E-state index in [4.69, 9.17) is 9.47 Å². The largest absolute Gasteiger partial charge is 0.438 e. The lowest BCUT2D eigenvalue weighted by molar-refractivity contribution is -0.111. The maximum absolute atomic E-state index is 12.6. The van der Waals surface area contributed by atoms with Gasteiger partial charge in [-0.05, 0) is 47.9 Å². The molecule has 3 atom stereocenters. The molecule has 1 aliphatic heterocycles. The second-order valence-electron chi connectivity index (χ2n) is 10.1. The number of hydrogen-bond acceptors (Lipinski definition) is 4. The third-order valence-corrected chi connectivity index (χ3v) is 9.94. The molecule has 1 heterocycles. The van der Waals surface area contributed by atoms with Crippen LogP contribution in [0.3, 0.4) is 0 Å². The molecule has 0 bridgehead atoms. The normalized spacial score (nSPS) is 19.1. The lowest BCUT2D eigenvalue weighted by atomic mass is 9.87. The minimum Gasteiger partial charge on any atom is -0.438 e. The van der Waals surface area contributed by atoms with Crippen molar-refractivity contribution in [2.24, 2.45) is 0 Å². The van der Waals surface area contributed by atoms with E-state index in [1.807, 2.05) is 18.7 Å². The molecule has 1 fully saturated rings. The van der Waals surface area contributed by atoms with Crippen molar-refractivity contribution in [3.8, 4) is 0 Å². The molecule has 1 N–H and O–H groups in total. The third kappa shape index (κ3) is 11.9. The van der Waals surface area contributed by atoms with Gasteiger partial charge in [-0.1, -0.05) is 110 Å². The van der Waals surface area contributed by atoms with E-state index in [0.717, 1.165) is 18.6 Å². The number of rotatable bonds is 22. The predicted octanol–water partition coefficient (Wildman–Crippen LogP) is 9.39. The summed E-state index contributed by atoms with van der Waals surface area (Å²) in [6.07, 6.45) is 23.1. The highest BCUT2D eigenvalue weighted by molar-refractivity contribution is 9.10. The fourth-order valence-electron chi connectivity index (χ4n) is 4.90. The van der Waals surface area contributed by atoms with Crippen molar-refractivity contribution in [2.75, 3.05) is 19.4 Å². The molecule has 0 aromatic carbocycles. The molecule has 1 rings (SSSR count). The Morgan fingerprint density at radius 3 is 1.68 bits per heavy atom. The summed E-state index contributed by atoms with van der Waals surface area (Å²) in [5.41, 5.74) is -0.663. The van der Waals surface area contributed by atoms with Crippen molar-refractivity contribution in [3.63, 3.8) is 0 Å². The zero-order valence-electron chi connectivity index (χ0n) is 22.7. The summed E-state index contributed by atoms with van der Waals surface area (Å²) in [5.74, 6) is 1.11. The van der Waals surface area contributed by atoms with Crippen LogP contribution in [0.5, 0.6) is 0 Å². The SMILES string of the molecule is CCCCCCCCCCCCCCCCCCNC(=O)OC(CC)(C1CCS1)C(C)(Br)OC. The molecule has 0 spiro atoms. The Morgan fingerprint density at radius 1 is 0.882 bits per heavy atom. The number of alkyl halides is 1. The van der Waals surface area contributed by atoms with Gasteiger partial charge in [0.2, 0.25) is 0 Å². The smallest absolute Gasteiger partial charge is 0.407 e. The van der Waals surface area contributed by atoms with E-state index >= 15 is 0 Å². The average molecular weight is 565 g/mol. The van der Waals surface area contributed by atoms with Gasteiger partial charge in [0.05, 0.1) is 0 Å². The lowest BCUT2D eigenvalue weighted by Gasteiger charge is -2.50. The Morgan fingerprint density at radius 2 is 1.32 bits per heavy atom. The van der Waals surface area contributed by atoms with Crippen molar-refractivity contribution in [1.29, 1.82) is 0 Å². The molecule has 1 aliphatic rings. The highest BCUT2D eigenvalue weighted by atomic mass is 79.9. The second kappa shape index (κ2) is 19.2. The molecule has 3 unspecified atom stereocenters. The summed E-state index contributed by atoms with van der Waals surface area (Å²) in [6.45, 7) is 6.99. The highest BCUT2D eigenvalue weighted by Crippen LogP contribution is 2.50. The van der Waals surface area contributed by atoms with Gasteiger partial charge < -0.3 is 14.8 Å². The van der Waals surface area contributed by atoms with Gasteiger partial charge in [-0.25, -0.2) is 4.79 Å². The fraction of sp³-hybridized carbons (Fsp3) is 0.964. The second-order valence-corrected chi connectivity index (χ2v) is 13.0. The monoisotopic (exact) mass is 563 g/mol. The Bertz CT molecular complexity index is 516. The first-order chi connectivity index (χ1) is 16.4. The van der Waals surface area contributed by atoms with Crippen molar-refractivity contribution in [1.82, 2.24) is 5.32 Å². The molecular formula is C28H54BrNO3S. The summed E-state index contributed by atoms with van der Waals surface area (Å²) in [5, 5.41) is 3.24. The summed E-state index contributed by atoms with van der Waals surface area (Å²) in [7, 11) is 1.67. The zero-order valence-corrected chi connectivity index (χ0v) is 25.1. The number of hydrogen-bond donors (Lipinski definition) is 1. The van der Waals surface area contributed by atoms with Crippen LogP contribution in [0.2, 0.25) is 0 Å². The van der Waals surface area contributed by atoms with Gasteiger partial charge in [0, 0.05) is 18.9 Å². The van der Waals surface area contributed by atoms with Crippen LogP contribution in [0, 0.1) is 0 Å². The van der Waals surface area contributed by atoms with Gasteiger partial charge in [0.15, 0.2) is 10.1 Å². The Hall–Kier alpha value is 0.0600. The summed E-state index contributed by atoms with van der Waals surface area (Å²) in [4.78, 5) is 12.6. The number of alkyl carbamates (subject to hydrolysis) is 1. The molecule has 6 heteroatoms. The zero-order chi connectivity index (χ0) is 25.1. The molecule has 0 aromatic rings. The molecule has 0 aromatic heterocycles. The van der Waals surface area contributed by atoms with Gasteiger partial charge >= 0.3 is 6.09 Å². The Labute approximate surface area is 224 Å². The quantitative estimate of drug-likeness (QED) is 0.105. The number of unbranched alkanes of at least 4 members (excludes halogenated alkanes) is 15. The van der Waals surface area contributed by atoms with Gasteiger partial charge in [-0.2, -0.15) is 11.8 Å². The number of carbonyl (C=O) groups excluding carboxylic acids is 1. The van der Waals surface area contributed by atoms with E-state index < -0.39 is 10.1 Å². The van der Waals surface area contributed by atoms with Crippen molar-refractivity contribution in [3.05, 3.63) is 0 Å². The number of nitrogens with one attached hydrogen (secondary N) is 1. The van der Waals surface area contributed by atoms with E-state index in [2.05, 4.69) is 35.1 Å². The first-order valence-electron chi connectivity index (χ1n) is 14.3. The van der Waals surface area contributed by atoms with E-state index in [0.29, 0.717) is 13.0 Å². The van der Waals surface area contributed by atoms with Crippen LogP contribution >= 0.6 is 27.7 Å². The third-order valence-electron chi connectivity index (χ3n) is 7.46. The number of methoxy groups -OCH3 is 1. The van der Waals surface area contributed by atoms with Gasteiger partial charge in [-0.15, -0.1) is 0 Å². The van der Waals surface area contributed by atoms with Crippen LogP contribution in [0.15, 0.2) is 0 Å². The number of thioether (sulfide) groups is 1. The summed E-state index contributed by atoms with van der Waals surface area (Å²) in [6, 6.07) is 0. The van der Waals surface area contributed by atoms with Crippen LogP contribution in [0.25, 0.3) is 0 Å². The number of amides is 1. The maximum Gasteiger partial charge on any atom is 0.407 e. The van der Waals surface area contributed by atoms with Crippen molar-refractivity contribution < 1.29 is 14.3 Å². The molecule has 1 amide bonds. The Kier molecular flexibility index (Phi) is 18.1. The standard InChI is InChI=1S/C28H54BrNO3S/c1-5-7-8-9-10-11-12-13-14-15-16-17-18-19-20-21-23-30-26(31)33-28(6-2,25-22-24-34-25)27(3,29)32-4/h25H,5-24H2,1-4H3,(H,30,31). The molecule has 4 nitrogen and oxygen atoms in total. The van der Waals surface area contributed by atoms with Gasteiger partial charge in [0.25, 0.3) is 0 Å². The number of halogens is 1. The maximum atomic E-state index is 12.6. The molecule has 0 aliphatic carbocycles. The lowest BCUT2D eigenvalue weighted by Crippen LogP contribution is -2.61. The summed E-state index contributed by atoms with van der Waals surface area (Å²) >= 11 is 5.54. The highest BCUT2D eigenvalue weighted by Gasteiger charge is 2.57. The molecule has 0 radical (unpaired) electrons. The number of carbonyl (C=O) groups is 1. The molecule has 34 heavy (non-hydrogen) atoms. The van der Waals surface area contributed by atoms with E-state index in [1.165, 1.54) is 96.3 Å². The molecule has 202 valence electrons. The molecule has 0 saturated carbocycles. The molecular weight excluding hydrogens is 510 g/mol. The van der Waals surface area contributed by atoms with Gasteiger partial charge in [-0.3, -0.25) is 0 Å². The van der Waals surface area contributed by atoms with Crippen LogP contribution in [0.4, 0.5) is 4.79 Å². The van der Waals surface area contributed by atoms with Crippen LogP contribution in [-0.2, 0) is 9.47 Å². The predicted molar refractivity (Wildman–Crippen MR) is 152 cm³/mol. The minimum absolute atomic E-state index is 0.267. The Balaban J connectivity index is 2.01. The van der Waals surface area contributed by atoms with E-state index in [9.17, 15) is 4.79 Å². The number of ether oxygens (including phenoxy) is 2. The van der Waals surface area contributed by atoms with Crippen LogP contribution in [0.1, 0.15) is 136 Å². The van der Waals surface area contributed by atoms with E-state index in [1.54, 1.807) is 7.11 Å². The van der Waals surface area contributed by atoms with Crippen molar-refractivity contribution >= 4 is 33.8 Å². The molecule has 1 saturated heterocycles.